The molecule has 0 bridgehead atoms. The molecule has 0 heterocycles. The summed E-state index contributed by atoms with van der Waals surface area (Å²) in [7, 11) is 0. The molecule has 0 radical (unpaired) electrons. The molecule has 1 aromatic carbocycles. The van der Waals surface area contributed by atoms with Crippen molar-refractivity contribution < 1.29 is 22.9 Å². The van der Waals surface area contributed by atoms with E-state index in [9.17, 15) is 0 Å². The van der Waals surface area contributed by atoms with Crippen molar-refractivity contribution in [2.24, 2.45) is 5.92 Å². The number of fused-ring (bicyclic) bond motifs is 3. The number of aryl methyl sites for hydroxylation is 1. The molecule has 0 fully saturated rings. The van der Waals surface area contributed by atoms with Gasteiger partial charge in [-0.1, -0.05) is 0 Å². The third-order valence-electron chi connectivity index (χ3n) is 8.02. The van der Waals surface area contributed by atoms with Crippen LogP contribution in [0.5, 0.6) is 0 Å². The predicted octanol–water partition coefficient (Wildman–Crippen LogP) is 7.44. The Morgan fingerprint density at radius 3 is 2.26 bits per heavy atom. The second-order valence-electron chi connectivity index (χ2n) is 9.22. The molecule has 3 aliphatic carbocycles. The normalized spacial score (nSPS) is 21.9. The zero-order valence-electron chi connectivity index (χ0n) is 18.3. The van der Waals surface area contributed by atoms with E-state index < -0.39 is 22.9 Å². The van der Waals surface area contributed by atoms with Crippen LogP contribution in [0.2, 0.25) is 3.17 Å². The quantitative estimate of drug-likeness (QED) is 0.359. The summed E-state index contributed by atoms with van der Waals surface area (Å²) in [5, 5.41) is 0. The molecular weight excluding hydrogens is 491 g/mol. The molecule has 3 aliphatic rings. The third-order valence-corrected chi connectivity index (χ3v) is 15.2. The van der Waals surface area contributed by atoms with Gasteiger partial charge in [0.1, 0.15) is 0 Å². The molecule has 0 N–H and O–H groups in total. The molecule has 4 rings (SSSR count). The van der Waals surface area contributed by atoms with E-state index in [4.69, 9.17) is 0 Å². The molecule has 142 valence electrons. The molecule has 1 aromatic rings. The van der Waals surface area contributed by atoms with Crippen molar-refractivity contribution in [1.29, 1.82) is 0 Å². The summed E-state index contributed by atoms with van der Waals surface area (Å²) in [5.74, 6) is 0.710. The van der Waals surface area contributed by atoms with E-state index in [1.807, 2.05) is 3.33 Å². The SMILES string of the molecule is CCC(C)C1=[C]([Hf][C]2(C)C(C)=C(C)C(C)=C2C)Cc2ccc3c(c21)CCC3. The van der Waals surface area contributed by atoms with Crippen molar-refractivity contribution in [2.75, 3.05) is 0 Å². The Kier molecular flexibility index (Phi) is 5.07. The van der Waals surface area contributed by atoms with Crippen molar-refractivity contribution in [3.63, 3.8) is 0 Å². The van der Waals surface area contributed by atoms with Gasteiger partial charge in [-0.25, -0.2) is 0 Å². The first-order chi connectivity index (χ1) is 12.8. The van der Waals surface area contributed by atoms with Gasteiger partial charge in [0.15, 0.2) is 0 Å². The van der Waals surface area contributed by atoms with Crippen molar-refractivity contribution in [1.82, 2.24) is 0 Å². The van der Waals surface area contributed by atoms with Crippen LogP contribution in [0.4, 0.5) is 0 Å². The Hall–Kier alpha value is -0.690. The summed E-state index contributed by atoms with van der Waals surface area (Å²) in [6.45, 7) is 17.0. The second-order valence-corrected chi connectivity index (χ2v) is 15.9. The van der Waals surface area contributed by atoms with E-state index in [0.29, 0.717) is 9.09 Å². The van der Waals surface area contributed by atoms with Crippen LogP contribution in [-0.2, 0) is 42.2 Å². The maximum atomic E-state index is 2.58. The maximum absolute atomic E-state index is 2.58. The van der Waals surface area contributed by atoms with Gasteiger partial charge in [0.05, 0.1) is 0 Å². The first-order valence-corrected chi connectivity index (χ1v) is 14.4. The van der Waals surface area contributed by atoms with Gasteiger partial charge in [-0.3, -0.25) is 0 Å². The van der Waals surface area contributed by atoms with Gasteiger partial charge in [0.25, 0.3) is 0 Å². The third kappa shape index (κ3) is 2.86. The van der Waals surface area contributed by atoms with Gasteiger partial charge in [0.2, 0.25) is 0 Å². The zero-order valence-corrected chi connectivity index (χ0v) is 21.9. The first-order valence-electron chi connectivity index (χ1n) is 10.8. The summed E-state index contributed by atoms with van der Waals surface area (Å²) in [6, 6.07) is 4.94. The van der Waals surface area contributed by atoms with Crippen molar-refractivity contribution in [3.05, 3.63) is 60.0 Å². The van der Waals surface area contributed by atoms with Crippen molar-refractivity contribution in [3.8, 4) is 0 Å². The van der Waals surface area contributed by atoms with Gasteiger partial charge in [0, 0.05) is 0 Å². The fraction of sp³-hybridized carbons (Fsp3) is 0.538. The molecule has 0 spiro atoms. The Morgan fingerprint density at radius 1 is 1.00 bits per heavy atom. The minimum atomic E-state index is -1.05. The van der Waals surface area contributed by atoms with Crippen LogP contribution in [-0.4, -0.2) is 0 Å². The average molecular weight is 525 g/mol. The minimum absolute atomic E-state index is 0.396. The number of hydrogen-bond acceptors (Lipinski definition) is 0. The molecule has 0 amide bonds. The number of allylic oxidation sites excluding steroid dienone is 6. The number of hydrogen-bond donors (Lipinski definition) is 0. The van der Waals surface area contributed by atoms with E-state index >= 15 is 0 Å². The van der Waals surface area contributed by atoms with E-state index in [2.05, 4.69) is 60.6 Å². The van der Waals surface area contributed by atoms with Crippen LogP contribution >= 0.6 is 0 Å². The fourth-order valence-corrected chi connectivity index (χ4v) is 13.3. The van der Waals surface area contributed by atoms with E-state index in [1.165, 1.54) is 32.1 Å². The van der Waals surface area contributed by atoms with Gasteiger partial charge >= 0.3 is 178 Å². The molecule has 0 aromatic heterocycles. The molecule has 0 nitrogen and oxygen atoms in total. The predicted molar refractivity (Wildman–Crippen MR) is 114 cm³/mol. The van der Waals surface area contributed by atoms with Gasteiger partial charge in [-0.2, -0.15) is 0 Å². The molecule has 0 saturated heterocycles. The molecule has 0 aliphatic heterocycles. The van der Waals surface area contributed by atoms with Gasteiger partial charge < -0.3 is 0 Å². The molecule has 1 atom stereocenters. The fourth-order valence-electron chi connectivity index (χ4n) is 5.58. The van der Waals surface area contributed by atoms with Crippen molar-refractivity contribution in [2.45, 2.75) is 83.7 Å². The monoisotopic (exact) mass is 526 g/mol. The summed E-state index contributed by atoms with van der Waals surface area (Å²) in [5.41, 5.74) is 15.1. The second kappa shape index (κ2) is 6.97. The van der Waals surface area contributed by atoms with E-state index in [-0.39, 0.29) is 0 Å². The van der Waals surface area contributed by atoms with E-state index in [0.717, 1.165) is 0 Å². The van der Waals surface area contributed by atoms with Gasteiger partial charge in [-0.15, -0.1) is 0 Å². The summed E-state index contributed by atoms with van der Waals surface area (Å²) >= 11 is -1.05. The number of rotatable bonds is 4. The standard InChI is InChI=1S/C16H19.C10H15.Hf/c1-3-11(2)14-10-9-13-8-7-12-5-4-6-15(12)16(13)14;1-6-7(2)9(4)10(5)8(6)3;/h7-8,11H,3-6,9H2,1-2H3;1-5H3;. The first kappa shape index (κ1) is 19.6. The van der Waals surface area contributed by atoms with Crippen LogP contribution in [0.1, 0.15) is 83.6 Å². The molecular formula is C26H34Hf. The van der Waals surface area contributed by atoms with Crippen LogP contribution < -0.4 is 0 Å². The van der Waals surface area contributed by atoms with Crippen LogP contribution in [0.15, 0.2) is 37.8 Å². The van der Waals surface area contributed by atoms with Crippen molar-refractivity contribution >= 4 is 5.57 Å². The molecule has 1 unspecified atom stereocenters. The Balaban J connectivity index is 1.83. The van der Waals surface area contributed by atoms with E-state index in [1.54, 1.807) is 50.1 Å². The Morgan fingerprint density at radius 2 is 1.63 bits per heavy atom. The average Bonchev–Trinajstić information content (AvgIpc) is 3.30. The van der Waals surface area contributed by atoms with Gasteiger partial charge in [-0.05, 0) is 0 Å². The number of benzene rings is 1. The zero-order chi connectivity index (χ0) is 19.5. The molecule has 27 heavy (non-hydrogen) atoms. The topological polar surface area (TPSA) is 0 Å². The summed E-state index contributed by atoms with van der Waals surface area (Å²) < 4.78 is 2.32. The van der Waals surface area contributed by atoms with Crippen LogP contribution in [0.25, 0.3) is 5.57 Å². The Labute approximate surface area is 177 Å². The molecule has 0 saturated carbocycles. The molecule has 1 heteroatoms. The Bertz CT molecular complexity index is 882. The van der Waals surface area contributed by atoms with Crippen LogP contribution in [0, 0.1) is 5.92 Å². The summed E-state index contributed by atoms with van der Waals surface area (Å²) in [4.78, 5) is 0. The van der Waals surface area contributed by atoms with Crippen LogP contribution in [0.3, 0.4) is 0 Å². The summed E-state index contributed by atoms with van der Waals surface area (Å²) in [6.07, 6.45) is 6.50.